The highest BCUT2D eigenvalue weighted by molar-refractivity contribution is 8.13. The molecule has 0 spiro atoms. The third-order valence-electron chi connectivity index (χ3n) is 1.83. The lowest BCUT2D eigenvalue weighted by molar-refractivity contribution is 0.388. The summed E-state index contributed by atoms with van der Waals surface area (Å²) in [7, 11) is 1.37. The Bertz CT molecular complexity index is 673. The Morgan fingerprint density at radius 2 is 2.12 bits per heavy atom. The summed E-state index contributed by atoms with van der Waals surface area (Å²) < 4.78 is 26.4. The van der Waals surface area contributed by atoms with Crippen molar-refractivity contribution in [3.8, 4) is 11.4 Å². The summed E-state index contributed by atoms with van der Waals surface area (Å²) in [5.41, 5.74) is 0.396. The van der Waals surface area contributed by atoms with Gasteiger partial charge in [0.2, 0.25) is 0 Å². The van der Waals surface area contributed by atoms with Crippen LogP contribution < -0.4 is 5.76 Å². The lowest BCUT2D eigenvalue weighted by atomic mass is 10.2. The van der Waals surface area contributed by atoms with E-state index in [1.807, 2.05) is 0 Å². The zero-order valence-electron chi connectivity index (χ0n) is 7.68. The van der Waals surface area contributed by atoms with E-state index >= 15 is 0 Å². The summed E-state index contributed by atoms with van der Waals surface area (Å²) in [4.78, 5) is 12.9. The molecule has 16 heavy (non-hydrogen) atoms. The molecule has 0 radical (unpaired) electrons. The number of hydrogen-bond acceptors (Lipinski definition) is 5. The van der Waals surface area contributed by atoms with Gasteiger partial charge in [-0.1, -0.05) is 17.3 Å². The van der Waals surface area contributed by atoms with Crippen LogP contribution in [0, 0.1) is 0 Å². The number of benzene rings is 1. The number of nitrogens with one attached hydrogen (secondary N) is 1. The molecule has 1 aromatic carbocycles. The highest BCUT2D eigenvalue weighted by atomic mass is 35.7. The highest BCUT2D eigenvalue weighted by Gasteiger charge is 2.12. The van der Waals surface area contributed by atoms with Crippen LogP contribution in [-0.2, 0) is 9.05 Å². The van der Waals surface area contributed by atoms with E-state index in [0.717, 1.165) is 0 Å². The number of aromatic nitrogens is 2. The SMILES string of the molecule is O=c1[nH]c(-c2cccc(S(=O)(=O)Cl)c2)no1. The summed E-state index contributed by atoms with van der Waals surface area (Å²) >= 11 is 0. The Kier molecular flexibility index (Phi) is 2.56. The van der Waals surface area contributed by atoms with Crippen molar-refractivity contribution in [2.75, 3.05) is 0 Å². The molecule has 2 aromatic rings. The molecule has 6 nitrogen and oxygen atoms in total. The molecule has 8 heteroatoms. The fourth-order valence-electron chi connectivity index (χ4n) is 1.15. The number of nitrogens with zero attached hydrogens (tertiary/aromatic N) is 1. The van der Waals surface area contributed by atoms with Gasteiger partial charge in [0.25, 0.3) is 9.05 Å². The molecule has 0 aliphatic carbocycles. The minimum absolute atomic E-state index is 0.0736. The Labute approximate surface area is 94.3 Å². The average molecular weight is 261 g/mol. The minimum Gasteiger partial charge on any atom is -0.296 e. The molecular weight excluding hydrogens is 256 g/mol. The highest BCUT2D eigenvalue weighted by Crippen LogP contribution is 2.20. The van der Waals surface area contributed by atoms with Crippen LogP contribution in [0.25, 0.3) is 11.4 Å². The molecule has 1 aromatic heterocycles. The number of aromatic amines is 1. The normalized spacial score (nSPS) is 11.6. The third-order valence-corrected chi connectivity index (χ3v) is 3.18. The molecule has 0 atom stereocenters. The van der Waals surface area contributed by atoms with Crippen molar-refractivity contribution in [1.82, 2.24) is 10.1 Å². The van der Waals surface area contributed by atoms with Crippen molar-refractivity contribution in [3.63, 3.8) is 0 Å². The Morgan fingerprint density at radius 1 is 1.38 bits per heavy atom. The Hall–Kier alpha value is -1.60. The first kappa shape index (κ1) is 10.9. The molecule has 1 N–H and O–H groups in total. The molecular formula is C8H5ClN2O4S. The standard InChI is InChI=1S/C8H5ClN2O4S/c9-16(13,14)6-3-1-2-5(4-6)7-10-8(12)15-11-7/h1-4H,(H,10,11,12). The van der Waals surface area contributed by atoms with Crippen molar-refractivity contribution >= 4 is 19.7 Å². The summed E-state index contributed by atoms with van der Waals surface area (Å²) in [6, 6.07) is 5.68. The summed E-state index contributed by atoms with van der Waals surface area (Å²) in [5.74, 6) is -0.568. The quantitative estimate of drug-likeness (QED) is 0.812. The maximum atomic E-state index is 11.1. The lowest BCUT2D eigenvalue weighted by Gasteiger charge is -1.98. The lowest BCUT2D eigenvalue weighted by Crippen LogP contribution is -1.95. The number of H-pyrrole nitrogens is 1. The van der Waals surface area contributed by atoms with E-state index in [2.05, 4.69) is 14.7 Å². The van der Waals surface area contributed by atoms with Gasteiger partial charge in [-0.05, 0) is 12.1 Å². The van der Waals surface area contributed by atoms with E-state index < -0.39 is 14.8 Å². The summed E-state index contributed by atoms with van der Waals surface area (Å²) in [6.45, 7) is 0. The van der Waals surface area contributed by atoms with Gasteiger partial charge in [0, 0.05) is 16.2 Å². The van der Waals surface area contributed by atoms with Gasteiger partial charge in [0.15, 0.2) is 5.82 Å². The molecule has 0 aliphatic heterocycles. The molecule has 0 aliphatic rings. The van der Waals surface area contributed by atoms with Crippen molar-refractivity contribution in [3.05, 3.63) is 34.8 Å². The molecule has 0 fully saturated rings. The third kappa shape index (κ3) is 2.15. The Morgan fingerprint density at radius 3 is 2.69 bits per heavy atom. The molecule has 0 bridgehead atoms. The van der Waals surface area contributed by atoms with E-state index in [4.69, 9.17) is 10.7 Å². The van der Waals surface area contributed by atoms with Crippen molar-refractivity contribution < 1.29 is 12.9 Å². The maximum Gasteiger partial charge on any atom is 0.439 e. The summed E-state index contributed by atoms with van der Waals surface area (Å²) in [5, 5.41) is 3.43. The first-order valence-corrected chi connectivity index (χ1v) is 6.39. The van der Waals surface area contributed by atoms with Crippen LogP contribution in [0.4, 0.5) is 0 Å². The van der Waals surface area contributed by atoms with Gasteiger partial charge in [-0.15, -0.1) is 0 Å². The van der Waals surface area contributed by atoms with E-state index in [1.165, 1.54) is 18.2 Å². The molecule has 84 valence electrons. The van der Waals surface area contributed by atoms with Crippen molar-refractivity contribution in [2.45, 2.75) is 4.90 Å². The van der Waals surface area contributed by atoms with Crippen molar-refractivity contribution in [1.29, 1.82) is 0 Å². The second kappa shape index (κ2) is 3.76. The van der Waals surface area contributed by atoms with E-state index in [-0.39, 0.29) is 10.7 Å². The molecule has 0 unspecified atom stereocenters. The van der Waals surface area contributed by atoms with Gasteiger partial charge in [-0.25, -0.2) is 13.2 Å². The Balaban J connectivity index is 2.56. The van der Waals surface area contributed by atoms with Crippen LogP contribution in [0.1, 0.15) is 0 Å². The van der Waals surface area contributed by atoms with Crippen LogP contribution in [0.3, 0.4) is 0 Å². The molecule has 0 saturated carbocycles. The van der Waals surface area contributed by atoms with Crippen LogP contribution >= 0.6 is 10.7 Å². The molecule has 1 heterocycles. The first-order chi connectivity index (χ1) is 7.47. The average Bonchev–Trinajstić information content (AvgIpc) is 2.64. The first-order valence-electron chi connectivity index (χ1n) is 4.08. The second-order valence-corrected chi connectivity index (χ2v) is 5.48. The van der Waals surface area contributed by atoms with Crippen LogP contribution in [-0.4, -0.2) is 18.6 Å². The monoisotopic (exact) mass is 260 g/mol. The second-order valence-electron chi connectivity index (χ2n) is 2.91. The van der Waals surface area contributed by atoms with Gasteiger partial charge in [-0.3, -0.25) is 9.51 Å². The molecule has 0 amide bonds. The fraction of sp³-hybridized carbons (Fsp3) is 0. The van der Waals surface area contributed by atoms with Crippen molar-refractivity contribution in [2.24, 2.45) is 0 Å². The number of rotatable bonds is 2. The maximum absolute atomic E-state index is 11.1. The smallest absolute Gasteiger partial charge is 0.296 e. The number of hydrogen-bond donors (Lipinski definition) is 1. The minimum atomic E-state index is -3.80. The van der Waals surface area contributed by atoms with Gasteiger partial charge in [0.05, 0.1) is 4.90 Å². The topological polar surface area (TPSA) is 93.0 Å². The zero-order chi connectivity index (χ0) is 11.8. The number of halogens is 1. The van der Waals surface area contributed by atoms with Crippen LogP contribution in [0.2, 0.25) is 0 Å². The largest absolute Gasteiger partial charge is 0.439 e. The molecule has 0 saturated heterocycles. The van der Waals surface area contributed by atoms with Gasteiger partial charge in [0.1, 0.15) is 0 Å². The summed E-state index contributed by atoms with van der Waals surface area (Å²) in [6.07, 6.45) is 0. The van der Waals surface area contributed by atoms with E-state index in [1.54, 1.807) is 6.07 Å². The van der Waals surface area contributed by atoms with E-state index in [9.17, 15) is 13.2 Å². The zero-order valence-corrected chi connectivity index (χ0v) is 9.25. The van der Waals surface area contributed by atoms with Crippen LogP contribution in [0.15, 0.2) is 38.5 Å². The van der Waals surface area contributed by atoms with Gasteiger partial charge >= 0.3 is 5.76 Å². The van der Waals surface area contributed by atoms with Gasteiger partial charge in [-0.2, -0.15) is 0 Å². The predicted octanol–water partition coefficient (Wildman–Crippen LogP) is 0.957. The fourth-order valence-corrected chi connectivity index (χ4v) is 1.95. The van der Waals surface area contributed by atoms with E-state index in [0.29, 0.717) is 5.56 Å². The predicted molar refractivity (Wildman–Crippen MR) is 55.6 cm³/mol. The van der Waals surface area contributed by atoms with Crippen LogP contribution in [0.5, 0.6) is 0 Å². The van der Waals surface area contributed by atoms with Gasteiger partial charge < -0.3 is 0 Å². The molecule has 2 rings (SSSR count).